The molecule has 1 fully saturated rings. The third kappa shape index (κ3) is 2.85. The second-order valence-corrected chi connectivity index (χ2v) is 4.87. The molecule has 0 aliphatic carbocycles. The van der Waals surface area contributed by atoms with E-state index >= 15 is 0 Å². The third-order valence-electron chi connectivity index (χ3n) is 3.46. The molecule has 0 spiro atoms. The summed E-state index contributed by atoms with van der Waals surface area (Å²) in [5.74, 6) is 0.914. The monoisotopic (exact) mass is 271 g/mol. The van der Waals surface area contributed by atoms with Crippen molar-refractivity contribution in [1.29, 1.82) is 0 Å². The predicted molar refractivity (Wildman–Crippen MR) is 75.6 cm³/mol. The SMILES string of the molecule is O=C(Nc1ccc(-n2cccn2)nc1)C1CCNCC1. The van der Waals surface area contributed by atoms with Gasteiger partial charge in [0.1, 0.15) is 0 Å². The minimum absolute atomic E-state index is 0.0835. The summed E-state index contributed by atoms with van der Waals surface area (Å²) in [6, 6.07) is 5.53. The number of nitrogens with zero attached hydrogens (tertiary/aromatic N) is 3. The molecule has 0 saturated carbocycles. The summed E-state index contributed by atoms with van der Waals surface area (Å²) in [6.07, 6.45) is 6.98. The molecule has 0 unspecified atom stereocenters. The molecule has 2 aromatic heterocycles. The number of amides is 1. The van der Waals surface area contributed by atoms with E-state index in [9.17, 15) is 4.79 Å². The summed E-state index contributed by atoms with van der Waals surface area (Å²) in [5, 5.41) is 10.3. The van der Waals surface area contributed by atoms with Crippen molar-refractivity contribution in [3.63, 3.8) is 0 Å². The molecule has 1 aliphatic rings. The van der Waals surface area contributed by atoms with E-state index in [0.29, 0.717) is 0 Å². The Hall–Kier alpha value is -2.21. The molecule has 1 amide bonds. The number of rotatable bonds is 3. The molecule has 2 N–H and O–H groups in total. The zero-order valence-corrected chi connectivity index (χ0v) is 11.1. The van der Waals surface area contributed by atoms with E-state index < -0.39 is 0 Å². The van der Waals surface area contributed by atoms with Gasteiger partial charge in [-0.15, -0.1) is 0 Å². The Morgan fingerprint density at radius 1 is 1.35 bits per heavy atom. The molecule has 6 nitrogen and oxygen atoms in total. The Morgan fingerprint density at radius 3 is 2.85 bits per heavy atom. The number of hydrogen-bond donors (Lipinski definition) is 2. The number of pyridine rings is 1. The van der Waals surface area contributed by atoms with Crippen molar-refractivity contribution >= 4 is 11.6 Å². The van der Waals surface area contributed by atoms with Gasteiger partial charge in [-0.25, -0.2) is 9.67 Å². The van der Waals surface area contributed by atoms with Crippen LogP contribution in [-0.2, 0) is 4.79 Å². The van der Waals surface area contributed by atoms with Crippen LogP contribution >= 0.6 is 0 Å². The number of carbonyl (C=O) groups is 1. The van der Waals surface area contributed by atoms with Gasteiger partial charge in [-0.2, -0.15) is 5.10 Å². The maximum absolute atomic E-state index is 12.1. The molecule has 104 valence electrons. The average molecular weight is 271 g/mol. The fourth-order valence-corrected chi connectivity index (χ4v) is 2.33. The van der Waals surface area contributed by atoms with Gasteiger partial charge in [-0.1, -0.05) is 0 Å². The van der Waals surface area contributed by atoms with Crippen molar-refractivity contribution < 1.29 is 4.79 Å². The standard InChI is InChI=1S/C14H17N5O/c20-14(11-4-7-15-8-5-11)18-12-2-3-13(16-10-12)19-9-1-6-17-19/h1-3,6,9-11,15H,4-5,7-8H2,(H,18,20). The number of piperidine rings is 1. The third-order valence-corrected chi connectivity index (χ3v) is 3.46. The van der Waals surface area contributed by atoms with Crippen molar-refractivity contribution in [3.8, 4) is 5.82 Å². The van der Waals surface area contributed by atoms with Crippen LogP contribution in [0, 0.1) is 5.92 Å². The van der Waals surface area contributed by atoms with Crippen LogP contribution < -0.4 is 10.6 Å². The molecule has 0 aromatic carbocycles. The van der Waals surface area contributed by atoms with E-state index in [1.54, 1.807) is 17.1 Å². The molecule has 2 aromatic rings. The van der Waals surface area contributed by atoms with Gasteiger partial charge in [0.15, 0.2) is 5.82 Å². The fraction of sp³-hybridized carbons (Fsp3) is 0.357. The van der Waals surface area contributed by atoms with Crippen LogP contribution in [-0.4, -0.2) is 33.8 Å². The highest BCUT2D eigenvalue weighted by Crippen LogP contribution is 2.15. The Kier molecular flexibility index (Phi) is 3.73. The average Bonchev–Trinajstić information content (AvgIpc) is 3.03. The first-order chi connectivity index (χ1) is 9.83. The van der Waals surface area contributed by atoms with Crippen LogP contribution in [0.5, 0.6) is 0 Å². The smallest absolute Gasteiger partial charge is 0.227 e. The second-order valence-electron chi connectivity index (χ2n) is 4.87. The molecule has 0 bridgehead atoms. The molecular weight excluding hydrogens is 254 g/mol. The minimum Gasteiger partial charge on any atom is -0.324 e. The van der Waals surface area contributed by atoms with Crippen LogP contribution in [0.1, 0.15) is 12.8 Å². The highest BCUT2D eigenvalue weighted by Gasteiger charge is 2.20. The van der Waals surface area contributed by atoms with Crippen LogP contribution in [0.3, 0.4) is 0 Å². The van der Waals surface area contributed by atoms with Crippen molar-refractivity contribution in [1.82, 2.24) is 20.1 Å². The first-order valence-corrected chi connectivity index (χ1v) is 6.80. The molecule has 3 heterocycles. The van der Waals surface area contributed by atoms with Crippen molar-refractivity contribution in [3.05, 3.63) is 36.8 Å². The zero-order chi connectivity index (χ0) is 13.8. The Balaban J connectivity index is 1.64. The molecule has 1 aliphatic heterocycles. The normalized spacial score (nSPS) is 16.0. The summed E-state index contributed by atoms with van der Waals surface area (Å²) in [5.41, 5.74) is 0.726. The van der Waals surface area contributed by atoms with Gasteiger partial charge in [0.25, 0.3) is 0 Å². The van der Waals surface area contributed by atoms with E-state index in [1.165, 1.54) is 0 Å². The largest absolute Gasteiger partial charge is 0.324 e. The Labute approximate surface area is 117 Å². The summed E-state index contributed by atoms with van der Waals surface area (Å²) in [4.78, 5) is 16.4. The number of hydrogen-bond acceptors (Lipinski definition) is 4. The highest BCUT2D eigenvalue weighted by molar-refractivity contribution is 5.92. The lowest BCUT2D eigenvalue weighted by molar-refractivity contribution is -0.120. The van der Waals surface area contributed by atoms with Gasteiger partial charge in [-0.05, 0) is 44.1 Å². The maximum Gasteiger partial charge on any atom is 0.227 e. The highest BCUT2D eigenvalue weighted by atomic mass is 16.1. The topological polar surface area (TPSA) is 71.8 Å². The van der Waals surface area contributed by atoms with Crippen LogP contribution in [0.15, 0.2) is 36.8 Å². The lowest BCUT2D eigenvalue weighted by Crippen LogP contribution is -2.34. The van der Waals surface area contributed by atoms with Crippen LogP contribution in [0.4, 0.5) is 5.69 Å². The van der Waals surface area contributed by atoms with Gasteiger partial charge in [0, 0.05) is 18.3 Å². The van der Waals surface area contributed by atoms with E-state index in [2.05, 4.69) is 20.7 Å². The number of aromatic nitrogens is 3. The number of anilines is 1. The molecule has 1 saturated heterocycles. The van der Waals surface area contributed by atoms with Gasteiger partial charge < -0.3 is 10.6 Å². The van der Waals surface area contributed by atoms with E-state index in [0.717, 1.165) is 37.4 Å². The van der Waals surface area contributed by atoms with Crippen LogP contribution in [0.25, 0.3) is 5.82 Å². The maximum atomic E-state index is 12.1. The van der Waals surface area contributed by atoms with Gasteiger partial charge in [-0.3, -0.25) is 4.79 Å². The molecule has 6 heteroatoms. The number of nitrogens with one attached hydrogen (secondary N) is 2. The summed E-state index contributed by atoms with van der Waals surface area (Å²) in [6.45, 7) is 1.82. The summed E-state index contributed by atoms with van der Waals surface area (Å²) in [7, 11) is 0. The van der Waals surface area contributed by atoms with Crippen molar-refractivity contribution in [2.24, 2.45) is 5.92 Å². The first kappa shape index (κ1) is 12.8. The lowest BCUT2D eigenvalue weighted by Gasteiger charge is -2.21. The second kappa shape index (κ2) is 5.83. The summed E-state index contributed by atoms with van der Waals surface area (Å²) >= 11 is 0. The zero-order valence-electron chi connectivity index (χ0n) is 11.1. The summed E-state index contributed by atoms with van der Waals surface area (Å²) < 4.78 is 1.68. The van der Waals surface area contributed by atoms with E-state index in [4.69, 9.17) is 0 Å². The number of carbonyl (C=O) groups excluding carboxylic acids is 1. The molecular formula is C14H17N5O. The lowest BCUT2D eigenvalue weighted by atomic mass is 9.97. The predicted octanol–water partition coefficient (Wildman–Crippen LogP) is 1.21. The first-order valence-electron chi connectivity index (χ1n) is 6.80. The Bertz CT molecular complexity index is 558. The van der Waals surface area contributed by atoms with Crippen molar-refractivity contribution in [2.45, 2.75) is 12.8 Å². The Morgan fingerprint density at radius 2 is 2.20 bits per heavy atom. The van der Waals surface area contributed by atoms with E-state index in [-0.39, 0.29) is 11.8 Å². The molecule has 3 rings (SSSR count). The quantitative estimate of drug-likeness (QED) is 0.880. The van der Waals surface area contributed by atoms with Crippen LogP contribution in [0.2, 0.25) is 0 Å². The van der Waals surface area contributed by atoms with Crippen molar-refractivity contribution in [2.75, 3.05) is 18.4 Å². The molecule has 0 atom stereocenters. The van der Waals surface area contributed by atoms with Gasteiger partial charge in [0.2, 0.25) is 5.91 Å². The molecule has 0 radical (unpaired) electrons. The van der Waals surface area contributed by atoms with Gasteiger partial charge >= 0.3 is 0 Å². The minimum atomic E-state index is 0.0835. The molecule has 20 heavy (non-hydrogen) atoms. The van der Waals surface area contributed by atoms with E-state index in [1.807, 2.05) is 24.4 Å². The van der Waals surface area contributed by atoms with Gasteiger partial charge in [0.05, 0.1) is 11.9 Å². The fourth-order valence-electron chi connectivity index (χ4n) is 2.33.